The molecule has 1 aliphatic rings. The van der Waals surface area contributed by atoms with Gasteiger partial charge in [-0.15, -0.1) is 5.10 Å². The molecule has 1 heterocycles. The van der Waals surface area contributed by atoms with Crippen LogP contribution in [-0.2, 0) is 9.59 Å². The molecule has 1 saturated heterocycles. The SMILES string of the molecule is CC(C)=N/N=C1\S[C@H](CC(=O)O)C(=O)N1c1ccccc1. The number of amidine groups is 1. The number of anilines is 1. The van der Waals surface area contributed by atoms with Crippen molar-refractivity contribution in [2.75, 3.05) is 4.90 Å². The number of hydrogen-bond donors (Lipinski definition) is 1. The Bertz CT molecular complexity index is 609. The maximum Gasteiger partial charge on any atom is 0.305 e. The van der Waals surface area contributed by atoms with Gasteiger partial charge >= 0.3 is 5.97 Å². The molecule has 1 amide bonds. The van der Waals surface area contributed by atoms with Crippen LogP contribution in [-0.4, -0.2) is 33.1 Å². The van der Waals surface area contributed by atoms with Crippen LogP contribution in [0.5, 0.6) is 0 Å². The molecular formula is C14H15N3O3S. The molecule has 0 radical (unpaired) electrons. The smallest absolute Gasteiger partial charge is 0.305 e. The third kappa shape index (κ3) is 3.69. The largest absolute Gasteiger partial charge is 0.481 e. The van der Waals surface area contributed by atoms with Crippen LogP contribution in [0.25, 0.3) is 0 Å². The van der Waals surface area contributed by atoms with Crippen molar-refractivity contribution in [3.8, 4) is 0 Å². The zero-order valence-corrected chi connectivity index (χ0v) is 12.5. The molecule has 1 aromatic rings. The predicted octanol–water partition coefficient (Wildman–Crippen LogP) is 2.36. The lowest BCUT2D eigenvalue weighted by atomic mass is 10.2. The molecule has 0 unspecified atom stereocenters. The molecule has 0 aliphatic carbocycles. The van der Waals surface area contributed by atoms with Crippen molar-refractivity contribution in [1.29, 1.82) is 0 Å². The molecule has 1 N–H and O–H groups in total. The van der Waals surface area contributed by atoms with E-state index in [2.05, 4.69) is 10.2 Å². The topological polar surface area (TPSA) is 82.3 Å². The number of para-hydroxylation sites is 1. The molecule has 0 saturated carbocycles. The number of benzene rings is 1. The Kier molecular flexibility index (Phi) is 4.74. The van der Waals surface area contributed by atoms with Gasteiger partial charge in [0.1, 0.15) is 5.25 Å². The third-order valence-corrected chi connectivity index (χ3v) is 3.77. The van der Waals surface area contributed by atoms with Gasteiger partial charge < -0.3 is 5.11 Å². The van der Waals surface area contributed by atoms with Crippen molar-refractivity contribution < 1.29 is 14.7 Å². The molecule has 110 valence electrons. The Balaban J connectivity index is 2.37. The lowest BCUT2D eigenvalue weighted by Gasteiger charge is -2.15. The maximum absolute atomic E-state index is 12.4. The predicted molar refractivity (Wildman–Crippen MR) is 83.8 cm³/mol. The molecule has 1 atom stereocenters. The Hall–Kier alpha value is -2.15. The van der Waals surface area contributed by atoms with Gasteiger partial charge in [0.2, 0.25) is 5.91 Å². The fourth-order valence-corrected chi connectivity index (χ4v) is 2.86. The van der Waals surface area contributed by atoms with Crippen LogP contribution >= 0.6 is 11.8 Å². The van der Waals surface area contributed by atoms with Gasteiger partial charge in [-0.25, -0.2) is 0 Å². The Morgan fingerprint density at radius 3 is 2.57 bits per heavy atom. The quantitative estimate of drug-likeness (QED) is 0.684. The summed E-state index contributed by atoms with van der Waals surface area (Å²) in [6.07, 6.45) is -0.235. The lowest BCUT2D eigenvalue weighted by Crippen LogP contribution is -2.32. The van der Waals surface area contributed by atoms with Gasteiger partial charge in [-0.05, 0) is 26.0 Å². The summed E-state index contributed by atoms with van der Waals surface area (Å²) in [6.45, 7) is 3.60. The van der Waals surface area contributed by atoms with E-state index in [1.165, 1.54) is 4.90 Å². The average Bonchev–Trinajstić information content (AvgIpc) is 2.73. The lowest BCUT2D eigenvalue weighted by molar-refractivity contribution is -0.138. The molecule has 1 aromatic carbocycles. The molecule has 0 bridgehead atoms. The second-order valence-electron chi connectivity index (χ2n) is 4.64. The van der Waals surface area contributed by atoms with Gasteiger partial charge in [0.05, 0.1) is 12.1 Å². The second kappa shape index (κ2) is 6.53. The van der Waals surface area contributed by atoms with Gasteiger partial charge in [0.25, 0.3) is 0 Å². The number of rotatable bonds is 4. The minimum atomic E-state index is -1.01. The minimum Gasteiger partial charge on any atom is -0.481 e. The summed E-state index contributed by atoms with van der Waals surface area (Å²) in [5.74, 6) is -1.29. The summed E-state index contributed by atoms with van der Waals surface area (Å²) in [4.78, 5) is 24.7. The summed E-state index contributed by atoms with van der Waals surface area (Å²) < 4.78 is 0. The zero-order chi connectivity index (χ0) is 15.4. The minimum absolute atomic E-state index is 0.235. The molecule has 2 rings (SSSR count). The summed E-state index contributed by atoms with van der Waals surface area (Å²) in [7, 11) is 0. The molecule has 21 heavy (non-hydrogen) atoms. The fourth-order valence-electron chi connectivity index (χ4n) is 1.78. The van der Waals surface area contributed by atoms with Crippen molar-refractivity contribution in [3.63, 3.8) is 0 Å². The standard InChI is InChI=1S/C14H15N3O3S/c1-9(2)15-16-14-17(10-6-4-3-5-7-10)13(20)11(21-14)8-12(18)19/h3-7,11H,8H2,1-2H3,(H,18,19)/b16-14-/t11-/m1/s1. The van der Waals surface area contributed by atoms with Crippen LogP contribution in [0.4, 0.5) is 5.69 Å². The van der Waals surface area contributed by atoms with Crippen LogP contribution < -0.4 is 4.90 Å². The number of carboxylic acid groups (broad SMARTS) is 1. The number of thioether (sulfide) groups is 1. The summed E-state index contributed by atoms with van der Waals surface area (Å²) in [5.41, 5.74) is 1.41. The Morgan fingerprint density at radius 2 is 2.00 bits per heavy atom. The van der Waals surface area contributed by atoms with E-state index in [1.807, 2.05) is 18.2 Å². The number of carbonyl (C=O) groups is 2. The molecule has 1 aliphatic heterocycles. The first-order valence-corrected chi connectivity index (χ1v) is 7.23. The number of amides is 1. The van der Waals surface area contributed by atoms with Crippen LogP contribution in [0.3, 0.4) is 0 Å². The maximum atomic E-state index is 12.4. The van der Waals surface area contributed by atoms with Crippen molar-refractivity contribution in [2.45, 2.75) is 25.5 Å². The van der Waals surface area contributed by atoms with E-state index < -0.39 is 11.2 Å². The van der Waals surface area contributed by atoms with E-state index in [0.29, 0.717) is 10.9 Å². The number of aliphatic carboxylic acids is 1. The Morgan fingerprint density at radius 1 is 1.33 bits per heavy atom. The normalized spacial score (nSPS) is 19.9. The van der Waals surface area contributed by atoms with E-state index in [0.717, 1.165) is 17.5 Å². The number of carboxylic acids is 1. The van der Waals surface area contributed by atoms with Gasteiger partial charge in [-0.3, -0.25) is 14.5 Å². The van der Waals surface area contributed by atoms with Gasteiger partial charge in [0, 0.05) is 5.71 Å². The van der Waals surface area contributed by atoms with Gasteiger partial charge in [-0.2, -0.15) is 5.10 Å². The molecule has 7 heteroatoms. The Labute approximate surface area is 126 Å². The number of carbonyl (C=O) groups excluding carboxylic acids is 1. The number of nitrogens with zero attached hydrogens (tertiary/aromatic N) is 3. The monoisotopic (exact) mass is 305 g/mol. The first-order chi connectivity index (χ1) is 9.99. The highest BCUT2D eigenvalue weighted by atomic mass is 32.2. The highest BCUT2D eigenvalue weighted by Gasteiger charge is 2.40. The second-order valence-corrected chi connectivity index (χ2v) is 5.81. The van der Waals surface area contributed by atoms with Crippen molar-refractivity contribution >= 4 is 40.2 Å². The summed E-state index contributed by atoms with van der Waals surface area (Å²) in [6, 6.07) is 9.02. The van der Waals surface area contributed by atoms with Crippen LogP contribution in [0.15, 0.2) is 40.5 Å². The third-order valence-electron chi connectivity index (χ3n) is 2.64. The van der Waals surface area contributed by atoms with Crippen LogP contribution in [0, 0.1) is 0 Å². The highest BCUT2D eigenvalue weighted by Crippen LogP contribution is 2.33. The van der Waals surface area contributed by atoms with E-state index >= 15 is 0 Å². The molecule has 0 spiro atoms. The first kappa shape index (κ1) is 15.2. The van der Waals surface area contributed by atoms with Crippen molar-refractivity contribution in [3.05, 3.63) is 30.3 Å². The molecule has 0 aromatic heterocycles. The van der Waals surface area contributed by atoms with Crippen LogP contribution in [0.1, 0.15) is 20.3 Å². The summed E-state index contributed by atoms with van der Waals surface area (Å²) >= 11 is 1.13. The molecule has 6 nitrogen and oxygen atoms in total. The van der Waals surface area contributed by atoms with E-state index in [9.17, 15) is 9.59 Å². The first-order valence-electron chi connectivity index (χ1n) is 6.35. The van der Waals surface area contributed by atoms with E-state index in [-0.39, 0.29) is 12.3 Å². The van der Waals surface area contributed by atoms with Gasteiger partial charge in [0.15, 0.2) is 5.17 Å². The van der Waals surface area contributed by atoms with E-state index in [1.54, 1.807) is 26.0 Å². The molecular weight excluding hydrogens is 290 g/mol. The van der Waals surface area contributed by atoms with E-state index in [4.69, 9.17) is 5.11 Å². The van der Waals surface area contributed by atoms with Crippen molar-refractivity contribution in [1.82, 2.24) is 0 Å². The zero-order valence-electron chi connectivity index (χ0n) is 11.7. The van der Waals surface area contributed by atoms with Crippen LogP contribution in [0.2, 0.25) is 0 Å². The number of hydrogen-bond acceptors (Lipinski definition) is 5. The highest BCUT2D eigenvalue weighted by molar-refractivity contribution is 8.16. The van der Waals surface area contributed by atoms with Gasteiger partial charge in [-0.1, -0.05) is 30.0 Å². The average molecular weight is 305 g/mol. The molecule has 1 fully saturated rings. The summed E-state index contributed by atoms with van der Waals surface area (Å²) in [5, 5.41) is 16.7. The fraction of sp³-hybridized carbons (Fsp3) is 0.286. The van der Waals surface area contributed by atoms with Crippen molar-refractivity contribution in [2.24, 2.45) is 10.2 Å².